The van der Waals surface area contributed by atoms with Crippen LogP contribution in [0.2, 0.25) is 0 Å². The van der Waals surface area contributed by atoms with Gasteiger partial charge in [-0.15, -0.1) is 6.58 Å². The van der Waals surface area contributed by atoms with Crippen LogP contribution in [-0.2, 0) is 6.42 Å². The molecule has 0 amide bonds. The average Bonchev–Trinajstić information content (AvgIpc) is 2.71. The van der Waals surface area contributed by atoms with Gasteiger partial charge in [0.2, 0.25) is 0 Å². The second-order valence-electron chi connectivity index (χ2n) is 7.11. The van der Waals surface area contributed by atoms with Crippen LogP contribution >= 0.6 is 0 Å². The van der Waals surface area contributed by atoms with E-state index in [1.807, 2.05) is 13.1 Å². The standard InChI is InChI=1S/C26H33N/c1-7-10-19(4)22(9-3)17-20(5)23-12-14-24(15-13-23)25-16-11-21(8-2)26(18-25)27-6/h9,11-16,18,22,27H,3-5,7-8,10,17H2,1-2,6H3. The number of nitrogens with one attached hydrogen (secondary N) is 1. The van der Waals surface area contributed by atoms with Gasteiger partial charge in [0.15, 0.2) is 0 Å². The van der Waals surface area contributed by atoms with Crippen LogP contribution in [0.5, 0.6) is 0 Å². The fourth-order valence-corrected chi connectivity index (χ4v) is 3.48. The molecule has 1 atom stereocenters. The molecule has 0 radical (unpaired) electrons. The maximum Gasteiger partial charge on any atom is 0.0376 e. The highest BCUT2D eigenvalue weighted by atomic mass is 14.8. The third-order valence-corrected chi connectivity index (χ3v) is 5.23. The second-order valence-corrected chi connectivity index (χ2v) is 7.11. The number of hydrogen-bond donors (Lipinski definition) is 1. The average molecular weight is 360 g/mol. The van der Waals surface area contributed by atoms with Gasteiger partial charge in [-0.1, -0.05) is 81.5 Å². The van der Waals surface area contributed by atoms with Crippen molar-refractivity contribution in [1.82, 2.24) is 0 Å². The Hall–Kier alpha value is -2.54. The van der Waals surface area contributed by atoms with Crippen LogP contribution < -0.4 is 5.32 Å². The molecule has 1 N–H and O–H groups in total. The van der Waals surface area contributed by atoms with Crippen LogP contribution in [-0.4, -0.2) is 7.05 Å². The summed E-state index contributed by atoms with van der Waals surface area (Å²) in [6, 6.07) is 15.4. The van der Waals surface area contributed by atoms with E-state index in [-0.39, 0.29) is 0 Å². The first kappa shape index (κ1) is 20.8. The zero-order valence-electron chi connectivity index (χ0n) is 17.1. The fourth-order valence-electron chi connectivity index (χ4n) is 3.48. The molecule has 27 heavy (non-hydrogen) atoms. The van der Waals surface area contributed by atoms with Gasteiger partial charge in [0.25, 0.3) is 0 Å². The summed E-state index contributed by atoms with van der Waals surface area (Å²) in [5.41, 5.74) is 8.58. The van der Waals surface area contributed by atoms with Gasteiger partial charge >= 0.3 is 0 Å². The Morgan fingerprint density at radius 1 is 1.04 bits per heavy atom. The first-order chi connectivity index (χ1) is 13.0. The summed E-state index contributed by atoms with van der Waals surface area (Å²) in [5, 5.41) is 3.30. The van der Waals surface area contributed by atoms with Crippen molar-refractivity contribution in [2.24, 2.45) is 5.92 Å². The van der Waals surface area contributed by atoms with Crippen LogP contribution in [0.4, 0.5) is 5.69 Å². The molecule has 1 unspecified atom stereocenters. The highest BCUT2D eigenvalue weighted by Gasteiger charge is 2.11. The quantitative estimate of drug-likeness (QED) is 0.432. The van der Waals surface area contributed by atoms with Crippen molar-refractivity contribution in [2.75, 3.05) is 12.4 Å². The molecule has 2 rings (SSSR count). The lowest BCUT2D eigenvalue weighted by Crippen LogP contribution is -2.01. The van der Waals surface area contributed by atoms with Crippen molar-refractivity contribution in [3.05, 3.63) is 85.0 Å². The van der Waals surface area contributed by atoms with Crippen molar-refractivity contribution in [3.63, 3.8) is 0 Å². The Bertz CT molecular complexity index is 795. The Morgan fingerprint density at radius 2 is 1.70 bits per heavy atom. The molecule has 142 valence electrons. The number of allylic oxidation sites excluding steroid dienone is 3. The van der Waals surface area contributed by atoms with Gasteiger partial charge < -0.3 is 5.32 Å². The van der Waals surface area contributed by atoms with Crippen molar-refractivity contribution in [3.8, 4) is 11.1 Å². The van der Waals surface area contributed by atoms with Gasteiger partial charge in [0.05, 0.1) is 0 Å². The van der Waals surface area contributed by atoms with Gasteiger partial charge in [-0.2, -0.15) is 0 Å². The zero-order valence-corrected chi connectivity index (χ0v) is 17.1. The summed E-state index contributed by atoms with van der Waals surface area (Å²) < 4.78 is 0. The number of rotatable bonds is 10. The topological polar surface area (TPSA) is 12.0 Å². The smallest absolute Gasteiger partial charge is 0.0376 e. The van der Waals surface area contributed by atoms with Gasteiger partial charge in [0, 0.05) is 18.7 Å². The number of anilines is 1. The SMILES string of the molecule is C=CC(CC(=C)c1ccc(-c2ccc(CC)c(NC)c2)cc1)C(=C)CCC. The third-order valence-electron chi connectivity index (χ3n) is 5.23. The van der Waals surface area contributed by atoms with E-state index in [2.05, 4.69) is 81.4 Å². The minimum Gasteiger partial charge on any atom is -0.388 e. The summed E-state index contributed by atoms with van der Waals surface area (Å²) >= 11 is 0. The Morgan fingerprint density at radius 3 is 2.26 bits per heavy atom. The van der Waals surface area contributed by atoms with Crippen LogP contribution in [0.15, 0.2) is 73.9 Å². The molecule has 0 saturated carbocycles. The fraction of sp³-hybridized carbons (Fsp3) is 0.308. The normalized spacial score (nSPS) is 11.7. The van der Waals surface area contributed by atoms with Crippen molar-refractivity contribution < 1.29 is 0 Å². The van der Waals surface area contributed by atoms with Crippen LogP contribution in [0.3, 0.4) is 0 Å². The molecule has 0 aliphatic rings. The van der Waals surface area contributed by atoms with Crippen LogP contribution in [0.1, 0.15) is 44.2 Å². The number of hydrogen-bond acceptors (Lipinski definition) is 1. The van der Waals surface area contributed by atoms with E-state index in [4.69, 9.17) is 0 Å². The minimum absolute atomic E-state index is 0.303. The van der Waals surface area contributed by atoms with Gasteiger partial charge in [0.1, 0.15) is 0 Å². The van der Waals surface area contributed by atoms with E-state index in [1.165, 1.54) is 33.5 Å². The molecule has 1 nitrogen and oxygen atoms in total. The van der Waals surface area contributed by atoms with E-state index < -0.39 is 0 Å². The highest BCUT2D eigenvalue weighted by molar-refractivity contribution is 5.73. The maximum absolute atomic E-state index is 4.31. The van der Waals surface area contributed by atoms with E-state index in [9.17, 15) is 0 Å². The summed E-state index contributed by atoms with van der Waals surface area (Å²) in [6.45, 7) is 16.9. The minimum atomic E-state index is 0.303. The zero-order chi connectivity index (χ0) is 19.8. The van der Waals surface area contributed by atoms with Gasteiger partial charge in [-0.25, -0.2) is 0 Å². The Balaban J connectivity index is 2.16. The molecule has 0 aliphatic carbocycles. The molecule has 0 aromatic heterocycles. The summed E-state index contributed by atoms with van der Waals surface area (Å²) in [5.74, 6) is 0.303. The van der Waals surface area contributed by atoms with Gasteiger partial charge in [-0.3, -0.25) is 0 Å². The van der Waals surface area contributed by atoms with Crippen molar-refractivity contribution >= 4 is 11.3 Å². The molecule has 2 aromatic carbocycles. The highest BCUT2D eigenvalue weighted by Crippen LogP contribution is 2.30. The summed E-state index contributed by atoms with van der Waals surface area (Å²) in [4.78, 5) is 0. The molecule has 0 spiro atoms. The number of benzene rings is 2. The molecule has 0 bridgehead atoms. The lowest BCUT2D eigenvalue weighted by atomic mass is 9.88. The molecule has 2 aromatic rings. The predicted molar refractivity (Wildman–Crippen MR) is 122 cm³/mol. The summed E-state index contributed by atoms with van der Waals surface area (Å²) in [6.07, 6.45) is 6.09. The molecular weight excluding hydrogens is 326 g/mol. The molecule has 0 heterocycles. The lowest BCUT2D eigenvalue weighted by Gasteiger charge is -2.17. The second kappa shape index (κ2) is 9.97. The predicted octanol–water partition coefficient (Wildman–Crippen LogP) is 7.52. The molecule has 0 aliphatic heterocycles. The maximum atomic E-state index is 4.31. The van der Waals surface area contributed by atoms with E-state index >= 15 is 0 Å². The molecular formula is C26H33N. The van der Waals surface area contributed by atoms with Gasteiger partial charge in [-0.05, 0) is 53.2 Å². The first-order valence-electron chi connectivity index (χ1n) is 9.93. The molecule has 0 saturated heterocycles. The van der Waals surface area contributed by atoms with Crippen LogP contribution in [0.25, 0.3) is 16.7 Å². The van der Waals surface area contributed by atoms with Crippen molar-refractivity contribution in [1.29, 1.82) is 0 Å². The largest absolute Gasteiger partial charge is 0.388 e. The molecule has 0 fully saturated rings. The summed E-state index contributed by atoms with van der Waals surface area (Å²) in [7, 11) is 1.98. The van der Waals surface area contributed by atoms with Crippen LogP contribution in [0, 0.1) is 5.92 Å². The Kier molecular flexibility index (Phi) is 7.67. The first-order valence-corrected chi connectivity index (χ1v) is 9.93. The van der Waals surface area contributed by atoms with E-state index in [0.717, 1.165) is 31.3 Å². The lowest BCUT2D eigenvalue weighted by molar-refractivity contribution is 0.722. The monoisotopic (exact) mass is 359 g/mol. The third kappa shape index (κ3) is 5.23. The van der Waals surface area contributed by atoms with Crippen molar-refractivity contribution in [2.45, 2.75) is 39.5 Å². The Labute approximate surface area is 165 Å². The van der Waals surface area contributed by atoms with E-state index in [1.54, 1.807) is 0 Å². The van der Waals surface area contributed by atoms with E-state index in [0.29, 0.717) is 5.92 Å². The molecule has 1 heteroatoms. The number of aryl methyl sites for hydroxylation is 1.